The standard InChI is InChI=1S/C12H25NO3/c1-9(11(15)16-5)6-10(2)13-7-12(3,4)8-14/h9-10,13-14H,6-8H2,1-5H3. The highest BCUT2D eigenvalue weighted by molar-refractivity contribution is 5.71. The average molecular weight is 231 g/mol. The maximum absolute atomic E-state index is 11.2. The molecule has 16 heavy (non-hydrogen) atoms. The van der Waals surface area contributed by atoms with Crippen molar-refractivity contribution in [1.82, 2.24) is 5.32 Å². The van der Waals surface area contributed by atoms with E-state index < -0.39 is 0 Å². The quantitative estimate of drug-likeness (QED) is 0.646. The Morgan fingerprint density at radius 1 is 1.44 bits per heavy atom. The van der Waals surface area contributed by atoms with E-state index >= 15 is 0 Å². The van der Waals surface area contributed by atoms with Crippen molar-refractivity contribution in [2.24, 2.45) is 11.3 Å². The van der Waals surface area contributed by atoms with Gasteiger partial charge in [-0.25, -0.2) is 0 Å². The second-order valence-corrected chi connectivity index (χ2v) is 5.26. The Hall–Kier alpha value is -0.610. The van der Waals surface area contributed by atoms with Crippen LogP contribution in [0.3, 0.4) is 0 Å². The van der Waals surface area contributed by atoms with Crippen LogP contribution in [0.4, 0.5) is 0 Å². The molecular formula is C12H25NO3. The third kappa shape index (κ3) is 6.08. The van der Waals surface area contributed by atoms with E-state index in [1.165, 1.54) is 7.11 Å². The van der Waals surface area contributed by atoms with Crippen LogP contribution in [0.25, 0.3) is 0 Å². The van der Waals surface area contributed by atoms with Crippen molar-refractivity contribution in [2.75, 3.05) is 20.3 Å². The summed E-state index contributed by atoms with van der Waals surface area (Å²) in [6, 6.07) is 0.236. The molecule has 0 spiro atoms. The minimum Gasteiger partial charge on any atom is -0.469 e. The van der Waals surface area contributed by atoms with Crippen molar-refractivity contribution >= 4 is 5.97 Å². The number of aliphatic hydroxyl groups excluding tert-OH is 1. The van der Waals surface area contributed by atoms with Crippen LogP contribution in [0.15, 0.2) is 0 Å². The number of methoxy groups -OCH3 is 1. The Labute approximate surface area is 98.4 Å². The number of carbonyl (C=O) groups is 1. The molecule has 0 aliphatic heterocycles. The molecule has 0 fully saturated rings. The predicted molar refractivity (Wildman–Crippen MR) is 64.1 cm³/mol. The average Bonchev–Trinajstić information content (AvgIpc) is 2.25. The van der Waals surface area contributed by atoms with Crippen LogP contribution in [-0.4, -0.2) is 37.4 Å². The van der Waals surface area contributed by atoms with Crippen molar-refractivity contribution in [3.63, 3.8) is 0 Å². The predicted octanol–water partition coefficient (Wildman–Crippen LogP) is 1.18. The molecule has 4 nitrogen and oxygen atoms in total. The van der Waals surface area contributed by atoms with Crippen molar-refractivity contribution in [3.05, 3.63) is 0 Å². The summed E-state index contributed by atoms with van der Waals surface area (Å²) < 4.78 is 4.67. The summed E-state index contributed by atoms with van der Waals surface area (Å²) in [6.07, 6.45) is 0.744. The van der Waals surface area contributed by atoms with Crippen molar-refractivity contribution in [1.29, 1.82) is 0 Å². The maximum atomic E-state index is 11.2. The molecule has 0 aliphatic carbocycles. The molecule has 0 rings (SSSR count). The highest BCUT2D eigenvalue weighted by Gasteiger charge is 2.20. The van der Waals surface area contributed by atoms with Gasteiger partial charge in [-0.3, -0.25) is 4.79 Å². The first-order valence-electron chi connectivity index (χ1n) is 5.74. The summed E-state index contributed by atoms with van der Waals surface area (Å²) >= 11 is 0. The van der Waals surface area contributed by atoms with Gasteiger partial charge in [-0.2, -0.15) is 0 Å². The summed E-state index contributed by atoms with van der Waals surface area (Å²) in [5.74, 6) is -0.264. The molecule has 2 unspecified atom stereocenters. The van der Waals surface area contributed by atoms with E-state index in [1.807, 2.05) is 27.7 Å². The second kappa shape index (κ2) is 6.86. The zero-order chi connectivity index (χ0) is 12.8. The van der Waals surface area contributed by atoms with Gasteiger partial charge in [0.2, 0.25) is 0 Å². The van der Waals surface area contributed by atoms with Crippen LogP contribution in [0.1, 0.15) is 34.1 Å². The molecule has 0 aromatic carbocycles. The number of ether oxygens (including phenoxy) is 1. The minimum absolute atomic E-state index is 0.0928. The third-order valence-corrected chi connectivity index (χ3v) is 2.67. The molecule has 4 heteroatoms. The van der Waals surface area contributed by atoms with E-state index in [9.17, 15) is 4.79 Å². The molecule has 0 aromatic rings. The molecule has 0 amide bonds. The normalized spacial score (nSPS) is 15.6. The number of esters is 1. The molecule has 0 aliphatic rings. The number of hydrogen-bond donors (Lipinski definition) is 2. The first kappa shape index (κ1) is 15.4. The number of hydrogen-bond acceptors (Lipinski definition) is 4. The van der Waals surface area contributed by atoms with Gasteiger partial charge < -0.3 is 15.2 Å². The molecule has 0 radical (unpaired) electrons. The lowest BCUT2D eigenvalue weighted by Crippen LogP contribution is -2.38. The largest absolute Gasteiger partial charge is 0.469 e. The molecule has 2 atom stereocenters. The number of rotatable bonds is 7. The number of carbonyl (C=O) groups excluding carboxylic acids is 1. The first-order chi connectivity index (χ1) is 7.32. The van der Waals surface area contributed by atoms with Gasteiger partial charge in [0.15, 0.2) is 0 Å². The van der Waals surface area contributed by atoms with E-state index in [4.69, 9.17) is 5.11 Å². The fourth-order valence-electron chi connectivity index (χ4n) is 1.42. The Balaban J connectivity index is 3.91. The maximum Gasteiger partial charge on any atom is 0.308 e. The third-order valence-electron chi connectivity index (χ3n) is 2.67. The van der Waals surface area contributed by atoms with Crippen LogP contribution in [0.5, 0.6) is 0 Å². The van der Waals surface area contributed by atoms with E-state index in [1.54, 1.807) is 0 Å². The zero-order valence-corrected chi connectivity index (χ0v) is 11.0. The molecule has 0 bridgehead atoms. The van der Waals surface area contributed by atoms with Crippen molar-refractivity contribution in [3.8, 4) is 0 Å². The van der Waals surface area contributed by atoms with Gasteiger partial charge in [0.1, 0.15) is 0 Å². The Kier molecular flexibility index (Phi) is 6.60. The lowest BCUT2D eigenvalue weighted by atomic mass is 9.94. The van der Waals surface area contributed by atoms with Crippen molar-refractivity contribution in [2.45, 2.75) is 40.2 Å². The molecule has 0 heterocycles. The van der Waals surface area contributed by atoms with Gasteiger partial charge in [0.25, 0.3) is 0 Å². The Morgan fingerprint density at radius 2 is 2.00 bits per heavy atom. The van der Waals surface area contributed by atoms with Crippen LogP contribution >= 0.6 is 0 Å². The molecule has 2 N–H and O–H groups in total. The fourth-order valence-corrected chi connectivity index (χ4v) is 1.42. The highest BCUT2D eigenvalue weighted by Crippen LogP contribution is 2.13. The van der Waals surface area contributed by atoms with E-state index in [-0.39, 0.29) is 30.0 Å². The van der Waals surface area contributed by atoms with Crippen molar-refractivity contribution < 1.29 is 14.6 Å². The lowest BCUT2D eigenvalue weighted by molar-refractivity contribution is -0.145. The van der Waals surface area contributed by atoms with Gasteiger partial charge in [-0.15, -0.1) is 0 Å². The zero-order valence-electron chi connectivity index (χ0n) is 11.0. The Morgan fingerprint density at radius 3 is 2.44 bits per heavy atom. The van der Waals surface area contributed by atoms with Gasteiger partial charge in [0, 0.05) is 24.6 Å². The molecule has 0 saturated carbocycles. The SMILES string of the molecule is COC(=O)C(C)CC(C)NCC(C)(C)CO. The summed E-state index contributed by atoms with van der Waals surface area (Å²) in [5, 5.41) is 12.4. The van der Waals surface area contributed by atoms with Gasteiger partial charge >= 0.3 is 5.97 Å². The monoisotopic (exact) mass is 231 g/mol. The second-order valence-electron chi connectivity index (χ2n) is 5.26. The van der Waals surface area contributed by atoms with E-state index in [0.29, 0.717) is 0 Å². The molecule has 0 saturated heterocycles. The van der Waals surface area contributed by atoms with Gasteiger partial charge in [-0.1, -0.05) is 20.8 Å². The number of nitrogens with one attached hydrogen (secondary N) is 1. The molecule has 0 aromatic heterocycles. The van der Waals surface area contributed by atoms with Crippen LogP contribution < -0.4 is 5.32 Å². The number of aliphatic hydroxyl groups is 1. The molecular weight excluding hydrogens is 206 g/mol. The van der Waals surface area contributed by atoms with Crippen LogP contribution in [-0.2, 0) is 9.53 Å². The van der Waals surface area contributed by atoms with Crippen LogP contribution in [0, 0.1) is 11.3 Å². The van der Waals surface area contributed by atoms with E-state index in [2.05, 4.69) is 10.1 Å². The summed E-state index contributed by atoms with van der Waals surface area (Å²) in [4.78, 5) is 11.2. The van der Waals surface area contributed by atoms with Gasteiger partial charge in [-0.05, 0) is 13.3 Å². The Bertz CT molecular complexity index is 216. The summed E-state index contributed by atoms with van der Waals surface area (Å²) in [6.45, 7) is 8.78. The summed E-state index contributed by atoms with van der Waals surface area (Å²) in [7, 11) is 1.41. The fraction of sp³-hybridized carbons (Fsp3) is 0.917. The first-order valence-corrected chi connectivity index (χ1v) is 5.74. The topological polar surface area (TPSA) is 58.6 Å². The smallest absolute Gasteiger partial charge is 0.308 e. The van der Waals surface area contributed by atoms with Crippen LogP contribution in [0.2, 0.25) is 0 Å². The minimum atomic E-state index is -0.171. The van der Waals surface area contributed by atoms with Gasteiger partial charge in [0.05, 0.1) is 13.0 Å². The molecule has 96 valence electrons. The van der Waals surface area contributed by atoms with E-state index in [0.717, 1.165) is 13.0 Å². The summed E-state index contributed by atoms with van der Waals surface area (Å²) in [5.41, 5.74) is -0.122. The lowest BCUT2D eigenvalue weighted by Gasteiger charge is -2.25. The highest BCUT2D eigenvalue weighted by atomic mass is 16.5.